The summed E-state index contributed by atoms with van der Waals surface area (Å²) in [5.41, 5.74) is 4.18. The van der Waals surface area contributed by atoms with Crippen LogP contribution in [0.25, 0.3) is 22.5 Å². The molecule has 5 heteroatoms. The molecule has 3 aromatic rings. The van der Waals surface area contributed by atoms with Gasteiger partial charge in [0.2, 0.25) is 0 Å². The summed E-state index contributed by atoms with van der Waals surface area (Å²) in [6, 6.07) is 16.1. The van der Waals surface area contributed by atoms with Gasteiger partial charge in [-0.2, -0.15) is 0 Å². The number of nitrogens with one attached hydrogen (secondary N) is 1. The number of hydrogen-bond acceptors (Lipinski definition) is 4. The van der Waals surface area contributed by atoms with Crippen LogP contribution in [0.2, 0.25) is 0 Å². The number of aromatic amines is 1. The molecule has 0 bridgehead atoms. The van der Waals surface area contributed by atoms with Crippen LogP contribution >= 0.6 is 11.8 Å². The molecule has 0 aliphatic heterocycles. The molecule has 4 nitrogen and oxygen atoms in total. The Morgan fingerprint density at radius 2 is 1.44 bits per heavy atom. The summed E-state index contributed by atoms with van der Waals surface area (Å²) < 4.78 is 10.5. The molecule has 0 unspecified atom stereocenters. The molecular weight excluding hydrogens is 332 g/mol. The zero-order valence-electron chi connectivity index (χ0n) is 14.3. The van der Waals surface area contributed by atoms with Gasteiger partial charge >= 0.3 is 0 Å². The Morgan fingerprint density at radius 3 is 1.96 bits per heavy atom. The molecular formula is C20H20N2O2S. The van der Waals surface area contributed by atoms with Crippen LogP contribution in [0.5, 0.6) is 11.5 Å². The van der Waals surface area contributed by atoms with Gasteiger partial charge in [0.15, 0.2) is 5.16 Å². The predicted molar refractivity (Wildman–Crippen MR) is 101 cm³/mol. The monoisotopic (exact) mass is 352 g/mol. The summed E-state index contributed by atoms with van der Waals surface area (Å²) in [5.74, 6) is 1.69. The zero-order chi connectivity index (χ0) is 17.2. The number of rotatable bonds is 6. The number of methoxy groups -OCH3 is 2. The van der Waals surface area contributed by atoms with Gasteiger partial charge in [0, 0.05) is 16.4 Å². The van der Waals surface area contributed by atoms with Crippen LogP contribution in [0, 0.1) is 0 Å². The highest BCUT2D eigenvalue weighted by atomic mass is 32.2. The summed E-state index contributed by atoms with van der Waals surface area (Å²) in [5, 5.41) is 1.69. The highest BCUT2D eigenvalue weighted by molar-refractivity contribution is 8.00. The van der Waals surface area contributed by atoms with Crippen molar-refractivity contribution in [3.05, 3.63) is 48.5 Å². The fourth-order valence-corrected chi connectivity index (χ4v) is 3.67. The number of hydrogen-bond donors (Lipinski definition) is 1. The largest absolute Gasteiger partial charge is 0.497 e. The third-order valence-corrected chi connectivity index (χ3v) is 5.45. The molecule has 1 aromatic heterocycles. The number of nitrogens with zero attached hydrogens (tertiary/aromatic N) is 1. The molecule has 1 aliphatic rings. The summed E-state index contributed by atoms with van der Waals surface area (Å²) in [7, 11) is 3.36. The van der Waals surface area contributed by atoms with Gasteiger partial charge in [-0.05, 0) is 61.4 Å². The van der Waals surface area contributed by atoms with Crippen molar-refractivity contribution in [2.45, 2.75) is 23.2 Å². The third kappa shape index (κ3) is 3.51. The molecule has 0 spiro atoms. The number of imidazole rings is 1. The lowest BCUT2D eigenvalue weighted by Crippen LogP contribution is -1.87. The lowest BCUT2D eigenvalue weighted by atomic mass is 10.0. The molecule has 1 saturated carbocycles. The first-order valence-electron chi connectivity index (χ1n) is 8.32. The van der Waals surface area contributed by atoms with Crippen molar-refractivity contribution >= 4 is 11.8 Å². The van der Waals surface area contributed by atoms with Gasteiger partial charge in [0.1, 0.15) is 11.5 Å². The summed E-state index contributed by atoms with van der Waals surface area (Å²) in [6.45, 7) is 0. The maximum absolute atomic E-state index is 5.27. The predicted octanol–water partition coefficient (Wildman–Crippen LogP) is 5.02. The molecule has 2 aromatic carbocycles. The van der Waals surface area contributed by atoms with E-state index < -0.39 is 0 Å². The van der Waals surface area contributed by atoms with Gasteiger partial charge in [0.25, 0.3) is 0 Å². The Labute approximate surface area is 151 Å². The van der Waals surface area contributed by atoms with Crippen molar-refractivity contribution in [3.63, 3.8) is 0 Å². The second-order valence-electron chi connectivity index (χ2n) is 6.04. The normalized spacial score (nSPS) is 13.7. The minimum Gasteiger partial charge on any atom is -0.497 e. The zero-order valence-corrected chi connectivity index (χ0v) is 15.1. The average molecular weight is 352 g/mol. The summed E-state index contributed by atoms with van der Waals surface area (Å²) in [4.78, 5) is 8.38. The first-order valence-corrected chi connectivity index (χ1v) is 9.20. The van der Waals surface area contributed by atoms with Crippen LogP contribution in [0.15, 0.2) is 53.7 Å². The number of aromatic nitrogens is 2. The van der Waals surface area contributed by atoms with Crippen molar-refractivity contribution in [1.82, 2.24) is 9.97 Å². The number of benzene rings is 2. The number of thioether (sulfide) groups is 1. The molecule has 0 amide bonds. The molecule has 1 aliphatic carbocycles. The van der Waals surface area contributed by atoms with Crippen LogP contribution in [0.1, 0.15) is 12.8 Å². The molecule has 25 heavy (non-hydrogen) atoms. The smallest absolute Gasteiger partial charge is 0.166 e. The first kappa shape index (κ1) is 16.1. The Balaban J connectivity index is 1.75. The molecule has 0 atom stereocenters. The maximum atomic E-state index is 5.27. The Bertz CT molecular complexity index is 787. The van der Waals surface area contributed by atoms with Gasteiger partial charge in [-0.1, -0.05) is 11.8 Å². The molecule has 4 rings (SSSR count). The molecule has 0 radical (unpaired) electrons. The second kappa shape index (κ2) is 6.84. The van der Waals surface area contributed by atoms with Gasteiger partial charge < -0.3 is 14.5 Å². The number of H-pyrrole nitrogens is 1. The molecule has 1 fully saturated rings. The van der Waals surface area contributed by atoms with E-state index in [1.165, 1.54) is 12.8 Å². The van der Waals surface area contributed by atoms with Crippen LogP contribution in [-0.4, -0.2) is 29.4 Å². The van der Waals surface area contributed by atoms with Crippen molar-refractivity contribution in [1.29, 1.82) is 0 Å². The average Bonchev–Trinajstić information content (AvgIpc) is 3.38. The SMILES string of the molecule is COc1ccc(-c2nc(SC3CC3)[nH]c2-c2ccc(OC)cc2)cc1. The molecule has 1 heterocycles. The Morgan fingerprint density at radius 1 is 0.880 bits per heavy atom. The topological polar surface area (TPSA) is 47.1 Å². The van der Waals surface area contributed by atoms with Crippen LogP contribution in [0.4, 0.5) is 0 Å². The van der Waals surface area contributed by atoms with E-state index in [9.17, 15) is 0 Å². The minimum absolute atomic E-state index is 0.707. The van der Waals surface area contributed by atoms with Crippen LogP contribution in [0.3, 0.4) is 0 Å². The lowest BCUT2D eigenvalue weighted by Gasteiger charge is -2.06. The van der Waals surface area contributed by atoms with Gasteiger partial charge in [-0.3, -0.25) is 0 Å². The van der Waals surface area contributed by atoms with E-state index in [1.54, 1.807) is 14.2 Å². The van der Waals surface area contributed by atoms with Gasteiger partial charge in [-0.15, -0.1) is 0 Å². The second-order valence-corrected chi connectivity index (χ2v) is 7.33. The molecule has 1 N–H and O–H groups in total. The lowest BCUT2D eigenvalue weighted by molar-refractivity contribution is 0.414. The van der Waals surface area contributed by atoms with Crippen molar-refractivity contribution in [2.24, 2.45) is 0 Å². The van der Waals surface area contributed by atoms with Gasteiger partial charge in [0.05, 0.1) is 25.6 Å². The van der Waals surface area contributed by atoms with Crippen molar-refractivity contribution < 1.29 is 9.47 Å². The van der Waals surface area contributed by atoms with Crippen molar-refractivity contribution in [3.8, 4) is 34.0 Å². The maximum Gasteiger partial charge on any atom is 0.166 e. The first-order chi connectivity index (χ1) is 12.3. The number of ether oxygens (including phenoxy) is 2. The standard InChI is InChI=1S/C20H20N2O2S/c1-23-15-7-3-13(4-8-15)18-19(14-5-9-16(24-2)10-6-14)22-20(21-18)25-17-11-12-17/h3-10,17H,11-12H2,1-2H3,(H,21,22). The van der Waals surface area contributed by atoms with E-state index in [-0.39, 0.29) is 0 Å². The minimum atomic E-state index is 0.707. The van der Waals surface area contributed by atoms with Crippen LogP contribution in [-0.2, 0) is 0 Å². The molecule has 0 saturated heterocycles. The van der Waals surface area contributed by atoms with E-state index in [1.807, 2.05) is 48.2 Å². The highest BCUT2D eigenvalue weighted by Gasteiger charge is 2.25. The van der Waals surface area contributed by atoms with E-state index in [0.29, 0.717) is 5.25 Å². The van der Waals surface area contributed by atoms with E-state index >= 15 is 0 Å². The quantitative estimate of drug-likeness (QED) is 0.677. The third-order valence-electron chi connectivity index (χ3n) is 4.23. The Hall–Kier alpha value is -2.40. The summed E-state index contributed by atoms with van der Waals surface area (Å²) >= 11 is 1.83. The van der Waals surface area contributed by atoms with E-state index in [2.05, 4.69) is 17.1 Å². The highest BCUT2D eigenvalue weighted by Crippen LogP contribution is 2.41. The van der Waals surface area contributed by atoms with Crippen LogP contribution < -0.4 is 9.47 Å². The fourth-order valence-electron chi connectivity index (χ4n) is 2.68. The Kier molecular flexibility index (Phi) is 4.40. The van der Waals surface area contributed by atoms with E-state index in [0.717, 1.165) is 39.2 Å². The molecule has 128 valence electrons. The van der Waals surface area contributed by atoms with Gasteiger partial charge in [-0.25, -0.2) is 4.98 Å². The van der Waals surface area contributed by atoms with E-state index in [4.69, 9.17) is 14.5 Å². The fraction of sp³-hybridized carbons (Fsp3) is 0.250. The summed E-state index contributed by atoms with van der Waals surface area (Å²) in [6.07, 6.45) is 2.56. The van der Waals surface area contributed by atoms with Crippen molar-refractivity contribution in [2.75, 3.05) is 14.2 Å².